The second kappa shape index (κ2) is 5.05. The van der Waals surface area contributed by atoms with E-state index in [-0.39, 0.29) is 18.0 Å². The molecule has 20 heavy (non-hydrogen) atoms. The summed E-state index contributed by atoms with van der Waals surface area (Å²) in [5.41, 5.74) is 1.12. The molecule has 1 aromatic rings. The van der Waals surface area contributed by atoms with Crippen molar-refractivity contribution in [1.29, 1.82) is 0 Å². The minimum Gasteiger partial charge on any atom is -0.497 e. The molecule has 0 unspecified atom stereocenters. The van der Waals surface area contributed by atoms with Crippen LogP contribution in [0.25, 0.3) is 0 Å². The van der Waals surface area contributed by atoms with Crippen LogP contribution in [0.2, 0.25) is 0 Å². The Bertz CT molecular complexity index is 539. The van der Waals surface area contributed by atoms with E-state index in [9.17, 15) is 4.79 Å². The Balaban J connectivity index is 1.92. The van der Waals surface area contributed by atoms with Gasteiger partial charge in [0.2, 0.25) is 0 Å². The van der Waals surface area contributed by atoms with Crippen molar-refractivity contribution in [1.82, 2.24) is 10.2 Å². The Morgan fingerprint density at radius 2 is 2.00 bits per heavy atom. The predicted octanol–water partition coefficient (Wildman–Crippen LogP) is 2.25. The first kappa shape index (κ1) is 13.4. The van der Waals surface area contributed by atoms with Crippen molar-refractivity contribution in [2.45, 2.75) is 31.8 Å². The number of nitrogens with one attached hydrogen (secondary N) is 1. The molecule has 106 valence electrons. The second-order valence-electron chi connectivity index (χ2n) is 5.43. The number of carbonyl (C=O) groups is 1. The molecule has 0 spiro atoms. The van der Waals surface area contributed by atoms with E-state index < -0.39 is 0 Å². The van der Waals surface area contributed by atoms with Crippen LogP contribution in [0.4, 0.5) is 0 Å². The van der Waals surface area contributed by atoms with Crippen LogP contribution in [0.15, 0.2) is 24.3 Å². The van der Waals surface area contributed by atoms with Crippen LogP contribution < -0.4 is 10.1 Å². The topological polar surface area (TPSA) is 41.6 Å². The van der Waals surface area contributed by atoms with Crippen LogP contribution in [0, 0.1) is 5.92 Å². The first-order valence-electron chi connectivity index (χ1n) is 6.89. The van der Waals surface area contributed by atoms with Crippen molar-refractivity contribution < 1.29 is 9.53 Å². The van der Waals surface area contributed by atoms with Gasteiger partial charge in [-0.2, -0.15) is 0 Å². The quantitative estimate of drug-likeness (QED) is 0.864. The lowest BCUT2D eigenvalue weighted by Gasteiger charge is -2.27. The maximum atomic E-state index is 12.3. The maximum absolute atomic E-state index is 12.3. The van der Waals surface area contributed by atoms with Gasteiger partial charge in [0, 0.05) is 0 Å². The summed E-state index contributed by atoms with van der Waals surface area (Å²) in [5, 5.41) is 3.61. The summed E-state index contributed by atoms with van der Waals surface area (Å²) in [6.45, 7) is 1.85. The number of hydrogen-bond acceptors (Lipinski definition) is 3. The number of carbonyl (C=O) groups excluding carboxylic acids is 1. The summed E-state index contributed by atoms with van der Waals surface area (Å²) in [6, 6.07) is 7.76. The maximum Gasteiger partial charge on any atom is 0.251 e. The fourth-order valence-electron chi connectivity index (χ4n) is 2.73. The smallest absolute Gasteiger partial charge is 0.251 e. The summed E-state index contributed by atoms with van der Waals surface area (Å²) in [4.78, 5) is 14.1. The lowest BCUT2D eigenvalue weighted by molar-refractivity contribution is -0.128. The normalized spacial score (nSPS) is 23.7. The zero-order valence-corrected chi connectivity index (χ0v) is 12.4. The molecule has 2 atom stereocenters. The molecule has 1 N–H and O–H groups in total. The fraction of sp³-hybridized carbons (Fsp3) is 0.467. The Morgan fingerprint density at radius 3 is 2.45 bits per heavy atom. The summed E-state index contributed by atoms with van der Waals surface area (Å²) >= 11 is 5.34. The van der Waals surface area contributed by atoms with Gasteiger partial charge in [-0.3, -0.25) is 9.69 Å². The third-order valence-electron chi connectivity index (χ3n) is 3.97. The summed E-state index contributed by atoms with van der Waals surface area (Å²) in [6.07, 6.45) is 2.30. The van der Waals surface area contributed by atoms with Crippen LogP contribution in [0.5, 0.6) is 5.75 Å². The van der Waals surface area contributed by atoms with Crippen molar-refractivity contribution in [3.8, 4) is 5.75 Å². The lowest BCUT2D eigenvalue weighted by Crippen LogP contribution is -2.36. The Morgan fingerprint density at radius 1 is 1.35 bits per heavy atom. The first-order chi connectivity index (χ1) is 9.61. The molecule has 1 aliphatic heterocycles. The lowest BCUT2D eigenvalue weighted by atomic mass is 10.0. The highest BCUT2D eigenvalue weighted by atomic mass is 32.1. The zero-order chi connectivity index (χ0) is 14.3. The van der Waals surface area contributed by atoms with Gasteiger partial charge in [0.05, 0.1) is 13.2 Å². The van der Waals surface area contributed by atoms with E-state index in [1.54, 1.807) is 12.0 Å². The minimum absolute atomic E-state index is 0.0540. The minimum atomic E-state index is -0.220. The molecule has 1 aliphatic carbocycles. The van der Waals surface area contributed by atoms with E-state index in [0.29, 0.717) is 11.0 Å². The van der Waals surface area contributed by atoms with Crippen LogP contribution in [0.3, 0.4) is 0 Å². The van der Waals surface area contributed by atoms with E-state index in [0.717, 1.165) is 24.2 Å². The molecule has 1 aromatic carbocycles. The second-order valence-corrected chi connectivity index (χ2v) is 5.82. The van der Waals surface area contributed by atoms with Gasteiger partial charge in [-0.05, 0) is 55.6 Å². The highest BCUT2D eigenvalue weighted by Crippen LogP contribution is 2.45. The summed E-state index contributed by atoms with van der Waals surface area (Å²) in [5.74, 6) is 1.41. The molecule has 1 saturated heterocycles. The SMILES string of the molecule is COc1ccc([C@H](C2CC2)N2C(=O)[C@H](C)NC2=S)cc1. The fourth-order valence-corrected chi connectivity index (χ4v) is 3.11. The highest BCUT2D eigenvalue weighted by Gasteiger charge is 2.44. The van der Waals surface area contributed by atoms with Gasteiger partial charge in [-0.1, -0.05) is 12.1 Å². The number of thiocarbonyl (C=S) groups is 1. The van der Waals surface area contributed by atoms with E-state index in [2.05, 4.69) is 5.32 Å². The number of rotatable bonds is 4. The largest absolute Gasteiger partial charge is 0.497 e. The Hall–Kier alpha value is -1.62. The van der Waals surface area contributed by atoms with Gasteiger partial charge >= 0.3 is 0 Å². The molecular formula is C15H18N2O2S. The monoisotopic (exact) mass is 290 g/mol. The Kier molecular flexibility index (Phi) is 3.38. The van der Waals surface area contributed by atoms with Gasteiger partial charge in [-0.15, -0.1) is 0 Å². The molecule has 2 aliphatic rings. The molecule has 1 amide bonds. The number of ether oxygens (including phenoxy) is 1. The average molecular weight is 290 g/mol. The number of amides is 1. The standard InChI is InChI=1S/C15H18N2O2S/c1-9-14(18)17(15(20)16-9)13(10-3-4-10)11-5-7-12(19-2)8-6-11/h5-10,13H,3-4H2,1-2H3,(H,16,20)/t9-,13-/m0/s1. The van der Waals surface area contributed by atoms with Gasteiger partial charge in [-0.25, -0.2) is 0 Å². The van der Waals surface area contributed by atoms with Crippen LogP contribution in [-0.2, 0) is 4.79 Å². The molecule has 0 aromatic heterocycles. The number of benzene rings is 1. The third-order valence-corrected chi connectivity index (χ3v) is 4.29. The van der Waals surface area contributed by atoms with Gasteiger partial charge in [0.25, 0.3) is 5.91 Å². The van der Waals surface area contributed by atoms with Crippen molar-refractivity contribution in [3.63, 3.8) is 0 Å². The molecular weight excluding hydrogens is 272 g/mol. The van der Waals surface area contributed by atoms with Gasteiger partial charge < -0.3 is 10.1 Å². The average Bonchev–Trinajstić information content (AvgIpc) is 3.24. The molecule has 3 rings (SSSR count). The van der Waals surface area contributed by atoms with Gasteiger partial charge in [0.15, 0.2) is 5.11 Å². The van der Waals surface area contributed by atoms with E-state index in [1.165, 1.54) is 0 Å². The van der Waals surface area contributed by atoms with Gasteiger partial charge in [0.1, 0.15) is 11.8 Å². The van der Waals surface area contributed by atoms with Crippen molar-refractivity contribution in [3.05, 3.63) is 29.8 Å². The number of nitrogens with zero attached hydrogens (tertiary/aromatic N) is 1. The van der Waals surface area contributed by atoms with Crippen molar-refractivity contribution in [2.75, 3.05) is 7.11 Å². The highest BCUT2D eigenvalue weighted by molar-refractivity contribution is 7.80. The number of hydrogen-bond donors (Lipinski definition) is 1. The molecule has 4 nitrogen and oxygen atoms in total. The van der Waals surface area contributed by atoms with E-state index in [1.807, 2.05) is 31.2 Å². The van der Waals surface area contributed by atoms with E-state index >= 15 is 0 Å². The molecule has 1 saturated carbocycles. The van der Waals surface area contributed by atoms with Crippen LogP contribution in [0.1, 0.15) is 31.4 Å². The predicted molar refractivity (Wildman–Crippen MR) is 80.5 cm³/mol. The van der Waals surface area contributed by atoms with Crippen LogP contribution in [-0.4, -0.2) is 29.1 Å². The molecule has 5 heteroatoms. The Labute approximate surface area is 124 Å². The van der Waals surface area contributed by atoms with Crippen LogP contribution >= 0.6 is 12.2 Å². The van der Waals surface area contributed by atoms with Crippen molar-refractivity contribution in [2.24, 2.45) is 5.92 Å². The van der Waals surface area contributed by atoms with Crippen molar-refractivity contribution >= 4 is 23.2 Å². The molecule has 1 heterocycles. The third kappa shape index (κ3) is 2.26. The van der Waals surface area contributed by atoms with E-state index in [4.69, 9.17) is 17.0 Å². The summed E-state index contributed by atoms with van der Waals surface area (Å²) in [7, 11) is 1.65. The summed E-state index contributed by atoms with van der Waals surface area (Å²) < 4.78 is 5.19. The number of methoxy groups -OCH3 is 1. The molecule has 0 bridgehead atoms. The molecule has 0 radical (unpaired) electrons. The first-order valence-corrected chi connectivity index (χ1v) is 7.30. The molecule has 2 fully saturated rings. The zero-order valence-electron chi connectivity index (χ0n) is 11.6.